The number of benzene rings is 1. The maximum Gasteiger partial charge on any atom is 0.257 e. The number of anilines is 1. The third-order valence-electron chi connectivity index (χ3n) is 2.22. The Bertz CT molecular complexity index is 634. The number of nitrogens with one attached hydrogen (secondary N) is 1. The lowest BCUT2D eigenvalue weighted by Gasteiger charge is -2.05. The van der Waals surface area contributed by atoms with Crippen LogP contribution in [0, 0.1) is 17.1 Å². The predicted octanol–water partition coefficient (Wildman–Crippen LogP) is 2.34. The molecule has 4 nitrogen and oxygen atoms in total. The molecule has 0 spiro atoms. The van der Waals surface area contributed by atoms with Crippen molar-refractivity contribution in [1.29, 1.82) is 5.26 Å². The van der Waals surface area contributed by atoms with Crippen LogP contribution in [0.25, 0.3) is 0 Å². The molecule has 88 valence electrons. The molecule has 0 aliphatic carbocycles. The van der Waals surface area contributed by atoms with Crippen molar-refractivity contribution in [3.8, 4) is 6.07 Å². The molecule has 1 aromatic carbocycles. The van der Waals surface area contributed by atoms with E-state index >= 15 is 0 Å². The van der Waals surface area contributed by atoms with Gasteiger partial charge in [0.1, 0.15) is 5.82 Å². The SMILES string of the molecule is N#Cc1cccc(NC(=O)c2cncc(F)c2)c1. The van der Waals surface area contributed by atoms with Gasteiger partial charge in [-0.1, -0.05) is 6.07 Å². The second-order valence-corrected chi connectivity index (χ2v) is 3.54. The first-order chi connectivity index (χ1) is 8.69. The number of carbonyl (C=O) groups is 1. The largest absolute Gasteiger partial charge is 0.322 e. The summed E-state index contributed by atoms with van der Waals surface area (Å²) in [5.41, 5.74) is 1.03. The van der Waals surface area contributed by atoms with Crippen molar-refractivity contribution in [3.63, 3.8) is 0 Å². The summed E-state index contributed by atoms with van der Waals surface area (Å²) in [6, 6.07) is 9.51. The highest BCUT2D eigenvalue weighted by Gasteiger charge is 2.07. The van der Waals surface area contributed by atoms with Gasteiger partial charge in [0.25, 0.3) is 5.91 Å². The second kappa shape index (κ2) is 5.06. The molecule has 1 heterocycles. The van der Waals surface area contributed by atoms with E-state index in [1.807, 2.05) is 6.07 Å². The first kappa shape index (κ1) is 11.7. The van der Waals surface area contributed by atoms with E-state index in [0.29, 0.717) is 11.3 Å². The number of halogens is 1. The normalized spacial score (nSPS) is 9.56. The maximum atomic E-state index is 12.9. The first-order valence-electron chi connectivity index (χ1n) is 5.11. The molecule has 0 bridgehead atoms. The number of aromatic nitrogens is 1. The van der Waals surface area contributed by atoms with Gasteiger partial charge in [0.2, 0.25) is 0 Å². The van der Waals surface area contributed by atoms with Crippen molar-refractivity contribution in [3.05, 3.63) is 59.7 Å². The van der Waals surface area contributed by atoms with E-state index in [1.54, 1.807) is 18.2 Å². The quantitative estimate of drug-likeness (QED) is 0.877. The molecule has 0 radical (unpaired) electrons. The molecule has 0 saturated carbocycles. The molecule has 0 unspecified atom stereocenters. The lowest BCUT2D eigenvalue weighted by atomic mass is 10.2. The van der Waals surface area contributed by atoms with E-state index in [9.17, 15) is 9.18 Å². The van der Waals surface area contributed by atoms with Crippen LogP contribution >= 0.6 is 0 Å². The molecule has 18 heavy (non-hydrogen) atoms. The van der Waals surface area contributed by atoms with Crippen molar-refractivity contribution >= 4 is 11.6 Å². The summed E-state index contributed by atoms with van der Waals surface area (Å²) in [5.74, 6) is -1.05. The number of nitriles is 1. The Morgan fingerprint density at radius 3 is 2.89 bits per heavy atom. The van der Waals surface area contributed by atoms with Crippen LogP contribution in [0.4, 0.5) is 10.1 Å². The fourth-order valence-electron chi connectivity index (χ4n) is 1.41. The Kier molecular flexibility index (Phi) is 3.30. The number of carbonyl (C=O) groups excluding carboxylic acids is 1. The Balaban J connectivity index is 2.19. The summed E-state index contributed by atoms with van der Waals surface area (Å²) in [6.07, 6.45) is 2.29. The van der Waals surface area contributed by atoms with Crippen LogP contribution < -0.4 is 5.32 Å². The molecule has 1 aromatic heterocycles. The van der Waals surface area contributed by atoms with Gasteiger partial charge >= 0.3 is 0 Å². The number of hydrogen-bond acceptors (Lipinski definition) is 3. The molecule has 0 aliphatic rings. The van der Waals surface area contributed by atoms with Crippen molar-refractivity contribution in [2.75, 3.05) is 5.32 Å². The van der Waals surface area contributed by atoms with E-state index < -0.39 is 11.7 Å². The van der Waals surface area contributed by atoms with Gasteiger partial charge in [-0.15, -0.1) is 0 Å². The molecule has 0 aliphatic heterocycles. The average Bonchev–Trinajstić information content (AvgIpc) is 2.39. The second-order valence-electron chi connectivity index (χ2n) is 3.54. The van der Waals surface area contributed by atoms with E-state index in [1.165, 1.54) is 12.3 Å². The molecule has 2 rings (SSSR count). The molecular weight excluding hydrogens is 233 g/mol. The summed E-state index contributed by atoms with van der Waals surface area (Å²) in [4.78, 5) is 15.4. The fourth-order valence-corrected chi connectivity index (χ4v) is 1.41. The number of hydrogen-bond donors (Lipinski definition) is 1. The van der Waals surface area contributed by atoms with Crippen LogP contribution in [0.1, 0.15) is 15.9 Å². The summed E-state index contributed by atoms with van der Waals surface area (Å²) in [6.45, 7) is 0. The monoisotopic (exact) mass is 241 g/mol. The van der Waals surface area contributed by atoms with E-state index in [-0.39, 0.29) is 5.56 Å². The average molecular weight is 241 g/mol. The summed E-state index contributed by atoms with van der Waals surface area (Å²) in [5, 5.41) is 11.3. The first-order valence-corrected chi connectivity index (χ1v) is 5.11. The number of nitrogens with zero attached hydrogens (tertiary/aromatic N) is 2. The van der Waals surface area contributed by atoms with Crippen LogP contribution in [0.2, 0.25) is 0 Å². The number of rotatable bonds is 2. The van der Waals surface area contributed by atoms with Crippen molar-refractivity contribution < 1.29 is 9.18 Å². The van der Waals surface area contributed by atoms with E-state index in [2.05, 4.69) is 10.3 Å². The highest BCUT2D eigenvalue weighted by Crippen LogP contribution is 2.11. The van der Waals surface area contributed by atoms with Gasteiger partial charge in [-0.3, -0.25) is 9.78 Å². The van der Waals surface area contributed by atoms with Crippen molar-refractivity contribution in [2.24, 2.45) is 0 Å². The third kappa shape index (κ3) is 2.68. The number of pyridine rings is 1. The number of amides is 1. The van der Waals surface area contributed by atoms with Gasteiger partial charge < -0.3 is 5.32 Å². The molecule has 1 N–H and O–H groups in total. The topological polar surface area (TPSA) is 65.8 Å². The van der Waals surface area contributed by atoms with Gasteiger partial charge in [-0.2, -0.15) is 5.26 Å². The van der Waals surface area contributed by atoms with Crippen LogP contribution in [-0.4, -0.2) is 10.9 Å². The predicted molar refractivity (Wildman–Crippen MR) is 63.3 cm³/mol. The molecule has 0 saturated heterocycles. The molecule has 2 aromatic rings. The van der Waals surface area contributed by atoms with Gasteiger partial charge in [0.15, 0.2) is 0 Å². The Morgan fingerprint density at radius 2 is 2.17 bits per heavy atom. The van der Waals surface area contributed by atoms with E-state index in [0.717, 1.165) is 12.3 Å². The Morgan fingerprint density at radius 1 is 1.33 bits per heavy atom. The van der Waals surface area contributed by atoms with Gasteiger partial charge in [-0.05, 0) is 24.3 Å². The lowest BCUT2D eigenvalue weighted by molar-refractivity contribution is 0.102. The standard InChI is InChI=1S/C13H8FN3O/c14-11-5-10(7-16-8-11)13(18)17-12-3-1-2-9(4-12)6-15/h1-5,7-8H,(H,17,18). The molecule has 0 atom stereocenters. The summed E-state index contributed by atoms with van der Waals surface area (Å²) < 4.78 is 12.9. The van der Waals surface area contributed by atoms with Gasteiger partial charge in [-0.25, -0.2) is 4.39 Å². The minimum atomic E-state index is -0.576. The van der Waals surface area contributed by atoms with Crippen LogP contribution in [0.15, 0.2) is 42.7 Å². The van der Waals surface area contributed by atoms with Crippen LogP contribution in [0.3, 0.4) is 0 Å². The molecule has 5 heteroatoms. The van der Waals surface area contributed by atoms with Crippen LogP contribution in [-0.2, 0) is 0 Å². The van der Waals surface area contributed by atoms with Crippen LogP contribution in [0.5, 0.6) is 0 Å². The van der Waals surface area contributed by atoms with Crippen molar-refractivity contribution in [2.45, 2.75) is 0 Å². The molecular formula is C13H8FN3O. The smallest absolute Gasteiger partial charge is 0.257 e. The van der Waals surface area contributed by atoms with E-state index in [4.69, 9.17) is 5.26 Å². The maximum absolute atomic E-state index is 12.9. The Labute approximate surface area is 103 Å². The third-order valence-corrected chi connectivity index (χ3v) is 2.22. The summed E-state index contributed by atoms with van der Waals surface area (Å²) >= 11 is 0. The van der Waals surface area contributed by atoms with Crippen molar-refractivity contribution in [1.82, 2.24) is 4.98 Å². The minimum Gasteiger partial charge on any atom is -0.322 e. The highest BCUT2D eigenvalue weighted by atomic mass is 19.1. The summed E-state index contributed by atoms with van der Waals surface area (Å²) in [7, 11) is 0. The lowest BCUT2D eigenvalue weighted by Crippen LogP contribution is -2.12. The Hall–Kier alpha value is -2.74. The molecule has 0 fully saturated rings. The minimum absolute atomic E-state index is 0.123. The van der Waals surface area contributed by atoms with Gasteiger partial charge in [0, 0.05) is 11.9 Å². The zero-order valence-electron chi connectivity index (χ0n) is 9.22. The zero-order valence-corrected chi connectivity index (χ0v) is 9.22. The molecule has 1 amide bonds. The highest BCUT2D eigenvalue weighted by molar-refractivity contribution is 6.04. The zero-order chi connectivity index (χ0) is 13.0. The fraction of sp³-hybridized carbons (Fsp3) is 0. The van der Waals surface area contributed by atoms with Gasteiger partial charge in [0.05, 0.1) is 23.4 Å².